The smallest absolute Gasteiger partial charge is 0.165 e. The Hall–Kier alpha value is -0.380. The van der Waals surface area contributed by atoms with E-state index in [1.54, 1.807) is 0 Å². The van der Waals surface area contributed by atoms with Gasteiger partial charge in [0.05, 0.1) is 0 Å². The first kappa shape index (κ1) is 13.7. The fourth-order valence-corrected chi connectivity index (χ4v) is 2.78. The van der Waals surface area contributed by atoms with E-state index in [4.69, 9.17) is 0 Å². The molecule has 1 rings (SSSR count). The number of rotatable bonds is 3. The van der Waals surface area contributed by atoms with Gasteiger partial charge >= 0.3 is 0 Å². The Kier molecular flexibility index (Phi) is 4.53. The predicted molar refractivity (Wildman–Crippen MR) is 77.6 cm³/mol. The van der Waals surface area contributed by atoms with Gasteiger partial charge < -0.3 is 0 Å². The van der Waals surface area contributed by atoms with Crippen molar-refractivity contribution in [1.82, 2.24) is 0 Å². The lowest BCUT2D eigenvalue weighted by Gasteiger charge is -2.39. The predicted octanol–water partition coefficient (Wildman–Crippen LogP) is 4.44. The van der Waals surface area contributed by atoms with Crippen molar-refractivity contribution >= 4 is 28.4 Å². The quantitative estimate of drug-likeness (QED) is 0.552. The van der Waals surface area contributed by atoms with Gasteiger partial charge in [-0.25, -0.2) is 0 Å². The second kappa shape index (κ2) is 5.30. The SMILES string of the molecule is C=C(C)[C@@H]1CC=C(C)C(=O)[C@@]1(C)CC=CI. The summed E-state index contributed by atoms with van der Waals surface area (Å²) in [6, 6.07) is 0. The standard InChI is InChI=1S/C14H19IO/c1-10(2)12-7-6-11(3)13(16)14(12,4)8-5-9-15/h5-6,9,12H,1,7-8H2,2-4H3/t12-,14-/m0/s1. The molecule has 0 heterocycles. The normalized spacial score (nSPS) is 30.6. The molecule has 0 aromatic carbocycles. The molecular formula is C14H19IO. The zero-order valence-electron chi connectivity index (χ0n) is 10.2. The molecule has 1 aliphatic rings. The van der Waals surface area contributed by atoms with E-state index >= 15 is 0 Å². The number of hydrogen-bond acceptors (Lipinski definition) is 1. The van der Waals surface area contributed by atoms with Gasteiger partial charge in [-0.3, -0.25) is 4.79 Å². The number of ketones is 1. The maximum atomic E-state index is 12.3. The third-order valence-electron chi connectivity index (χ3n) is 3.53. The Balaban J connectivity index is 3.11. The molecule has 0 spiro atoms. The molecule has 0 unspecified atom stereocenters. The lowest BCUT2D eigenvalue weighted by atomic mass is 9.63. The lowest BCUT2D eigenvalue weighted by Crippen LogP contribution is -2.39. The van der Waals surface area contributed by atoms with E-state index in [1.807, 2.05) is 17.9 Å². The van der Waals surface area contributed by atoms with E-state index in [0.29, 0.717) is 0 Å². The maximum absolute atomic E-state index is 12.3. The van der Waals surface area contributed by atoms with Crippen molar-refractivity contribution in [2.24, 2.45) is 11.3 Å². The van der Waals surface area contributed by atoms with E-state index in [9.17, 15) is 4.79 Å². The summed E-state index contributed by atoms with van der Waals surface area (Å²) in [5, 5.41) is 0. The zero-order valence-corrected chi connectivity index (χ0v) is 12.4. The maximum Gasteiger partial charge on any atom is 0.165 e. The summed E-state index contributed by atoms with van der Waals surface area (Å²) in [4.78, 5) is 12.3. The van der Waals surface area contributed by atoms with Gasteiger partial charge in [-0.15, -0.1) is 0 Å². The summed E-state index contributed by atoms with van der Waals surface area (Å²) in [7, 11) is 0. The molecule has 2 heteroatoms. The average Bonchev–Trinajstić information content (AvgIpc) is 2.23. The van der Waals surface area contributed by atoms with Crippen LogP contribution in [0.2, 0.25) is 0 Å². The topological polar surface area (TPSA) is 17.1 Å². The lowest BCUT2D eigenvalue weighted by molar-refractivity contribution is -0.126. The Morgan fingerprint density at radius 1 is 1.75 bits per heavy atom. The Bertz CT molecular complexity index is 365. The molecule has 1 nitrogen and oxygen atoms in total. The Labute approximate surface area is 112 Å². The molecule has 0 N–H and O–H groups in total. The van der Waals surface area contributed by atoms with E-state index in [-0.39, 0.29) is 17.1 Å². The van der Waals surface area contributed by atoms with Crippen molar-refractivity contribution in [3.63, 3.8) is 0 Å². The van der Waals surface area contributed by atoms with E-state index in [0.717, 1.165) is 24.0 Å². The molecule has 0 bridgehead atoms. The minimum atomic E-state index is -0.299. The minimum absolute atomic E-state index is 0.274. The van der Waals surface area contributed by atoms with E-state index in [1.165, 1.54) is 0 Å². The van der Waals surface area contributed by atoms with Gasteiger partial charge in [0.2, 0.25) is 0 Å². The highest BCUT2D eigenvalue weighted by Gasteiger charge is 2.42. The van der Waals surface area contributed by atoms with Crippen LogP contribution in [0.15, 0.2) is 34.0 Å². The van der Waals surface area contributed by atoms with Crippen molar-refractivity contribution in [1.29, 1.82) is 0 Å². The third-order valence-corrected chi connectivity index (χ3v) is 4.04. The largest absolute Gasteiger partial charge is 0.294 e. The van der Waals surface area contributed by atoms with Gasteiger partial charge in [0.25, 0.3) is 0 Å². The van der Waals surface area contributed by atoms with Crippen LogP contribution in [0.3, 0.4) is 0 Å². The highest BCUT2D eigenvalue weighted by molar-refractivity contribution is 14.1. The van der Waals surface area contributed by atoms with Gasteiger partial charge in [-0.05, 0) is 42.3 Å². The number of carbonyl (C=O) groups is 1. The number of allylic oxidation sites excluding steroid dienone is 4. The van der Waals surface area contributed by atoms with Crippen LogP contribution < -0.4 is 0 Å². The van der Waals surface area contributed by atoms with E-state index in [2.05, 4.69) is 48.2 Å². The Morgan fingerprint density at radius 2 is 2.38 bits per heavy atom. The number of carbonyl (C=O) groups excluding carboxylic acids is 1. The van der Waals surface area contributed by atoms with Gasteiger partial charge in [-0.2, -0.15) is 0 Å². The van der Waals surface area contributed by atoms with Crippen LogP contribution >= 0.6 is 22.6 Å². The molecule has 0 saturated carbocycles. The third kappa shape index (κ3) is 2.47. The molecule has 0 amide bonds. The summed E-state index contributed by atoms with van der Waals surface area (Å²) in [6.07, 6.45) is 5.88. The molecule has 0 fully saturated rings. The molecular weight excluding hydrogens is 311 g/mol. The van der Waals surface area contributed by atoms with Gasteiger partial charge in [-0.1, -0.05) is 53.8 Å². The first-order chi connectivity index (χ1) is 7.43. The van der Waals surface area contributed by atoms with Crippen LogP contribution in [0.25, 0.3) is 0 Å². The zero-order chi connectivity index (χ0) is 12.3. The van der Waals surface area contributed by atoms with Gasteiger partial charge in [0, 0.05) is 5.41 Å². The van der Waals surface area contributed by atoms with Gasteiger partial charge in [0.15, 0.2) is 5.78 Å². The molecule has 0 aromatic heterocycles. The van der Waals surface area contributed by atoms with Crippen LogP contribution in [0.1, 0.15) is 33.6 Å². The first-order valence-electron chi connectivity index (χ1n) is 5.55. The Morgan fingerprint density at radius 3 is 2.88 bits per heavy atom. The van der Waals surface area contributed by atoms with Crippen molar-refractivity contribution in [2.45, 2.75) is 33.6 Å². The van der Waals surface area contributed by atoms with Crippen LogP contribution in [0.5, 0.6) is 0 Å². The molecule has 2 atom stereocenters. The van der Waals surface area contributed by atoms with Crippen molar-refractivity contribution in [2.75, 3.05) is 0 Å². The monoisotopic (exact) mass is 330 g/mol. The fourth-order valence-electron chi connectivity index (χ4n) is 2.53. The van der Waals surface area contributed by atoms with Crippen LogP contribution in [0.4, 0.5) is 0 Å². The molecule has 0 aromatic rings. The summed E-state index contributed by atoms with van der Waals surface area (Å²) >= 11 is 2.20. The number of halogens is 1. The summed E-state index contributed by atoms with van der Waals surface area (Å²) in [5.41, 5.74) is 1.72. The van der Waals surface area contributed by atoms with Gasteiger partial charge in [0.1, 0.15) is 0 Å². The summed E-state index contributed by atoms with van der Waals surface area (Å²) < 4.78 is 1.99. The second-order valence-electron chi connectivity index (χ2n) is 4.83. The molecule has 0 aliphatic heterocycles. The highest BCUT2D eigenvalue weighted by atomic mass is 127. The van der Waals surface area contributed by atoms with Crippen LogP contribution in [0, 0.1) is 11.3 Å². The van der Waals surface area contributed by atoms with Crippen molar-refractivity contribution in [3.8, 4) is 0 Å². The molecule has 0 saturated heterocycles. The second-order valence-corrected chi connectivity index (χ2v) is 5.55. The van der Waals surface area contributed by atoms with E-state index < -0.39 is 0 Å². The molecule has 1 aliphatic carbocycles. The summed E-state index contributed by atoms with van der Waals surface area (Å²) in [5.74, 6) is 0.553. The van der Waals surface area contributed by atoms with Crippen molar-refractivity contribution in [3.05, 3.63) is 34.0 Å². The first-order valence-corrected chi connectivity index (χ1v) is 6.80. The number of hydrogen-bond donors (Lipinski definition) is 0. The van der Waals surface area contributed by atoms with Crippen LogP contribution in [-0.4, -0.2) is 5.78 Å². The average molecular weight is 330 g/mol. The highest BCUT2D eigenvalue weighted by Crippen LogP contribution is 2.44. The van der Waals surface area contributed by atoms with Crippen LogP contribution in [-0.2, 0) is 4.79 Å². The molecule has 0 radical (unpaired) electrons. The molecule has 16 heavy (non-hydrogen) atoms. The van der Waals surface area contributed by atoms with Crippen molar-refractivity contribution < 1.29 is 4.79 Å². The minimum Gasteiger partial charge on any atom is -0.294 e. The number of Topliss-reactive ketones (excluding diaryl/α,β-unsaturated/α-hetero) is 1. The fraction of sp³-hybridized carbons (Fsp3) is 0.500. The molecule has 88 valence electrons. The summed E-state index contributed by atoms with van der Waals surface area (Å²) in [6.45, 7) is 10.1.